The Bertz CT molecular complexity index is 668. The van der Waals surface area contributed by atoms with Crippen molar-refractivity contribution < 1.29 is 27.6 Å². The van der Waals surface area contributed by atoms with Crippen molar-refractivity contribution in [3.63, 3.8) is 0 Å². The van der Waals surface area contributed by atoms with Crippen LogP contribution in [0.2, 0.25) is 0 Å². The van der Waals surface area contributed by atoms with Crippen LogP contribution >= 0.6 is 23.9 Å². The van der Waals surface area contributed by atoms with Crippen molar-refractivity contribution in [3.8, 4) is 0 Å². The lowest BCUT2D eigenvalue weighted by Crippen LogP contribution is -2.29. The lowest BCUT2D eigenvalue weighted by molar-refractivity contribution is -0.137. The summed E-state index contributed by atoms with van der Waals surface area (Å²) in [6.45, 7) is 1.65. The van der Waals surface area contributed by atoms with Crippen molar-refractivity contribution in [2.24, 2.45) is 5.16 Å². The number of hydrogen-bond donors (Lipinski definition) is 0. The fraction of sp³-hybridized carbons (Fsp3) is 0.357. The molecule has 0 N–H and O–H groups in total. The Morgan fingerprint density at radius 1 is 1.20 bits per heavy atom. The van der Waals surface area contributed by atoms with Crippen molar-refractivity contribution in [2.45, 2.75) is 13.1 Å². The Morgan fingerprint density at radius 2 is 1.84 bits per heavy atom. The molecule has 0 radical (unpaired) electrons. The molecule has 0 aliphatic heterocycles. The summed E-state index contributed by atoms with van der Waals surface area (Å²) in [5, 5.41) is 4.09. The zero-order chi connectivity index (χ0) is 19.2. The molecule has 0 aliphatic carbocycles. The van der Waals surface area contributed by atoms with Crippen LogP contribution in [0.25, 0.3) is 0 Å². The first-order valence-corrected chi connectivity index (χ1v) is 8.68. The SMILES string of the molecule is CS/C(C)=N/OC(=O)N(C)SN(C)C(=O)c1cccc(C(F)(F)F)c1. The maximum Gasteiger partial charge on any atom is 0.447 e. The van der Waals surface area contributed by atoms with Crippen LogP contribution in [0.4, 0.5) is 18.0 Å². The second-order valence-corrected chi connectivity index (χ2v) is 6.89. The number of carbonyl (C=O) groups is 2. The lowest BCUT2D eigenvalue weighted by Gasteiger charge is -2.21. The first-order valence-electron chi connectivity index (χ1n) is 6.73. The molecular weight excluding hydrogens is 379 g/mol. The molecule has 0 saturated heterocycles. The van der Waals surface area contributed by atoms with E-state index in [-0.39, 0.29) is 5.56 Å². The molecule has 0 heterocycles. The van der Waals surface area contributed by atoms with E-state index in [1.807, 2.05) is 0 Å². The fourth-order valence-corrected chi connectivity index (χ4v) is 2.22. The molecule has 0 unspecified atom stereocenters. The van der Waals surface area contributed by atoms with Crippen molar-refractivity contribution in [1.29, 1.82) is 0 Å². The number of oxime groups is 1. The van der Waals surface area contributed by atoms with E-state index in [4.69, 9.17) is 0 Å². The Kier molecular flexibility index (Phi) is 7.61. The molecule has 6 nitrogen and oxygen atoms in total. The molecule has 0 spiro atoms. The molecule has 25 heavy (non-hydrogen) atoms. The molecule has 138 valence electrons. The van der Waals surface area contributed by atoms with Gasteiger partial charge in [0.25, 0.3) is 5.91 Å². The van der Waals surface area contributed by atoms with Gasteiger partial charge in [-0.15, -0.1) is 11.8 Å². The number of thioether (sulfide) groups is 1. The highest BCUT2D eigenvalue weighted by molar-refractivity contribution is 8.13. The van der Waals surface area contributed by atoms with E-state index in [9.17, 15) is 22.8 Å². The minimum atomic E-state index is -4.55. The summed E-state index contributed by atoms with van der Waals surface area (Å²) in [5.74, 6) is -0.695. The summed E-state index contributed by atoms with van der Waals surface area (Å²) in [7, 11) is 2.67. The standard InChI is InChI=1S/C14H16F3N3O3S2/c1-9(24-4)18-23-13(22)20(3)25-19(2)12(21)10-6-5-7-11(8-10)14(15,16)17/h5-8H,1-4H3/b18-9+. The number of alkyl halides is 3. The Morgan fingerprint density at radius 3 is 2.40 bits per heavy atom. The number of hydrogen-bond acceptors (Lipinski definition) is 6. The highest BCUT2D eigenvalue weighted by Crippen LogP contribution is 2.30. The Balaban J connectivity index is 2.75. The van der Waals surface area contributed by atoms with Crippen LogP contribution < -0.4 is 0 Å². The number of benzene rings is 1. The van der Waals surface area contributed by atoms with Gasteiger partial charge in [-0.25, -0.2) is 9.10 Å². The first-order chi connectivity index (χ1) is 11.6. The van der Waals surface area contributed by atoms with E-state index < -0.39 is 23.7 Å². The molecule has 0 aromatic heterocycles. The molecule has 1 aromatic rings. The number of amides is 2. The molecule has 0 aliphatic rings. The normalized spacial score (nSPS) is 11.9. The van der Waals surface area contributed by atoms with Gasteiger partial charge >= 0.3 is 12.3 Å². The van der Waals surface area contributed by atoms with Crippen LogP contribution in [0.15, 0.2) is 29.4 Å². The number of nitrogens with zero attached hydrogens (tertiary/aromatic N) is 3. The van der Waals surface area contributed by atoms with Gasteiger partial charge in [-0.1, -0.05) is 11.2 Å². The third-order valence-corrected chi connectivity index (χ3v) is 4.24. The van der Waals surface area contributed by atoms with Gasteiger partial charge < -0.3 is 0 Å². The van der Waals surface area contributed by atoms with Crippen molar-refractivity contribution in [1.82, 2.24) is 8.61 Å². The van der Waals surface area contributed by atoms with Crippen molar-refractivity contribution >= 4 is 40.9 Å². The predicted octanol–water partition coefficient (Wildman–Crippen LogP) is 4.11. The van der Waals surface area contributed by atoms with E-state index in [0.717, 1.165) is 26.8 Å². The Labute approximate surface area is 151 Å². The average molecular weight is 395 g/mol. The number of carbonyl (C=O) groups excluding carboxylic acids is 2. The topological polar surface area (TPSA) is 62.2 Å². The van der Waals surface area contributed by atoms with E-state index >= 15 is 0 Å². The smallest absolute Gasteiger partial charge is 0.296 e. The van der Waals surface area contributed by atoms with Crippen LogP contribution in [0.1, 0.15) is 22.8 Å². The highest BCUT2D eigenvalue weighted by atomic mass is 32.2. The van der Waals surface area contributed by atoms with Crippen LogP contribution in [-0.2, 0) is 11.0 Å². The zero-order valence-corrected chi connectivity index (χ0v) is 15.5. The summed E-state index contributed by atoms with van der Waals surface area (Å²) < 4.78 is 40.1. The van der Waals surface area contributed by atoms with Crippen LogP contribution in [0.5, 0.6) is 0 Å². The van der Waals surface area contributed by atoms with E-state index in [1.54, 1.807) is 13.2 Å². The maximum absolute atomic E-state index is 12.7. The zero-order valence-electron chi connectivity index (χ0n) is 13.8. The quantitative estimate of drug-likeness (QED) is 0.252. The van der Waals surface area contributed by atoms with Crippen molar-refractivity contribution in [3.05, 3.63) is 35.4 Å². The summed E-state index contributed by atoms with van der Waals surface area (Å²) in [5.41, 5.74) is -1.07. The van der Waals surface area contributed by atoms with E-state index in [1.165, 1.54) is 31.9 Å². The van der Waals surface area contributed by atoms with Gasteiger partial charge in [-0.2, -0.15) is 13.2 Å². The van der Waals surface area contributed by atoms with Crippen LogP contribution in [-0.4, -0.2) is 46.0 Å². The maximum atomic E-state index is 12.7. The lowest BCUT2D eigenvalue weighted by atomic mass is 10.1. The number of halogens is 3. The van der Waals surface area contributed by atoms with Crippen LogP contribution in [0, 0.1) is 0 Å². The average Bonchev–Trinajstić information content (AvgIpc) is 2.57. The second-order valence-electron chi connectivity index (χ2n) is 4.63. The van der Waals surface area contributed by atoms with E-state index in [2.05, 4.69) is 9.99 Å². The van der Waals surface area contributed by atoms with Gasteiger partial charge in [-0.3, -0.25) is 13.9 Å². The molecule has 1 rings (SSSR count). The largest absolute Gasteiger partial charge is 0.447 e. The highest BCUT2D eigenvalue weighted by Gasteiger charge is 2.31. The van der Waals surface area contributed by atoms with Crippen molar-refractivity contribution in [2.75, 3.05) is 20.4 Å². The summed E-state index contributed by atoms with van der Waals surface area (Å²) in [4.78, 5) is 28.6. The molecule has 0 atom stereocenters. The summed E-state index contributed by atoms with van der Waals surface area (Å²) >= 11 is 1.96. The van der Waals surface area contributed by atoms with Gasteiger partial charge in [0.1, 0.15) is 5.04 Å². The molecule has 2 amide bonds. The summed E-state index contributed by atoms with van der Waals surface area (Å²) in [6, 6.07) is 4.04. The second kappa shape index (κ2) is 8.99. The molecule has 0 saturated carbocycles. The summed E-state index contributed by atoms with van der Waals surface area (Å²) in [6.07, 6.45) is -3.62. The third kappa shape index (κ3) is 6.50. The molecule has 11 heteroatoms. The molecule has 1 aromatic carbocycles. The van der Waals surface area contributed by atoms with Gasteiger partial charge in [0, 0.05) is 19.7 Å². The monoisotopic (exact) mass is 395 g/mol. The third-order valence-electron chi connectivity index (χ3n) is 2.77. The van der Waals surface area contributed by atoms with Gasteiger partial charge in [0.05, 0.1) is 17.7 Å². The number of rotatable bonds is 4. The van der Waals surface area contributed by atoms with Crippen LogP contribution in [0.3, 0.4) is 0 Å². The minimum Gasteiger partial charge on any atom is -0.296 e. The van der Waals surface area contributed by atoms with Gasteiger partial charge in [0.2, 0.25) is 0 Å². The molecular formula is C14H16F3N3O3S2. The first kappa shape index (κ1) is 21.2. The molecule has 0 fully saturated rings. The fourth-order valence-electron chi connectivity index (χ4n) is 1.46. The van der Waals surface area contributed by atoms with E-state index in [0.29, 0.717) is 17.2 Å². The van der Waals surface area contributed by atoms with Gasteiger partial charge in [-0.05, 0) is 31.4 Å². The minimum absolute atomic E-state index is 0.150. The van der Waals surface area contributed by atoms with Gasteiger partial charge in [0.15, 0.2) is 0 Å². The predicted molar refractivity (Wildman–Crippen MR) is 92.0 cm³/mol. The Hall–Kier alpha value is -1.88. The molecule has 0 bridgehead atoms.